The van der Waals surface area contributed by atoms with Crippen LogP contribution in [0.5, 0.6) is 5.75 Å². The number of benzene rings is 1. The number of ether oxygens (including phenoxy) is 1. The maximum absolute atomic E-state index is 13.6. The van der Waals surface area contributed by atoms with Gasteiger partial charge in [0.2, 0.25) is 0 Å². The first-order valence-corrected chi connectivity index (χ1v) is 5.79. The van der Waals surface area contributed by atoms with Crippen LogP contribution in [0.4, 0.5) is 4.39 Å². The van der Waals surface area contributed by atoms with E-state index in [1.54, 1.807) is 0 Å². The molecule has 0 bridgehead atoms. The molecule has 4 heteroatoms. The molecular weight excluding hydrogens is 261 g/mol. The van der Waals surface area contributed by atoms with Crippen LogP contribution in [0.15, 0.2) is 16.6 Å². The second kappa shape index (κ2) is 4.10. The van der Waals surface area contributed by atoms with E-state index in [9.17, 15) is 4.39 Å². The van der Waals surface area contributed by atoms with Crippen LogP contribution in [0.3, 0.4) is 0 Å². The van der Waals surface area contributed by atoms with E-state index in [1.807, 2.05) is 20.0 Å². The summed E-state index contributed by atoms with van der Waals surface area (Å²) < 4.78 is 19.9. The molecule has 0 radical (unpaired) electrons. The van der Waals surface area contributed by atoms with Gasteiger partial charge in [0.1, 0.15) is 6.10 Å². The van der Waals surface area contributed by atoms with Crippen LogP contribution < -0.4 is 10.1 Å². The first kappa shape index (κ1) is 10.9. The lowest BCUT2D eigenvalue weighted by atomic mass is 10.0. The van der Waals surface area contributed by atoms with Crippen molar-refractivity contribution < 1.29 is 9.13 Å². The number of hydrogen-bond acceptors (Lipinski definition) is 2. The summed E-state index contributed by atoms with van der Waals surface area (Å²) in [6.45, 7) is 2.04. The quantitative estimate of drug-likeness (QED) is 0.895. The third-order valence-electron chi connectivity index (χ3n) is 2.73. The van der Waals surface area contributed by atoms with Crippen LogP contribution in [0.1, 0.15) is 24.9 Å². The highest BCUT2D eigenvalue weighted by molar-refractivity contribution is 9.10. The second-order valence-electron chi connectivity index (χ2n) is 3.64. The van der Waals surface area contributed by atoms with Gasteiger partial charge in [-0.3, -0.25) is 0 Å². The van der Waals surface area contributed by atoms with Gasteiger partial charge in [0, 0.05) is 10.0 Å². The minimum absolute atomic E-state index is 0.0220. The van der Waals surface area contributed by atoms with Gasteiger partial charge in [-0.1, -0.05) is 22.9 Å². The van der Waals surface area contributed by atoms with Gasteiger partial charge in [0.05, 0.1) is 6.04 Å². The molecule has 1 aromatic rings. The summed E-state index contributed by atoms with van der Waals surface area (Å²) in [6.07, 6.45) is 0.880. The van der Waals surface area contributed by atoms with Crippen LogP contribution >= 0.6 is 15.9 Å². The van der Waals surface area contributed by atoms with Crippen LogP contribution in [-0.2, 0) is 0 Å². The Morgan fingerprint density at radius 3 is 2.87 bits per heavy atom. The standard InChI is InChI=1S/C11H13BrFNO/c1-3-9-10(14-2)7-4-6(12)5-8(13)11(7)15-9/h4-5,9-10,14H,3H2,1-2H3. The molecule has 0 aliphatic carbocycles. The van der Waals surface area contributed by atoms with E-state index in [0.717, 1.165) is 16.5 Å². The molecule has 0 amide bonds. The van der Waals surface area contributed by atoms with E-state index in [4.69, 9.17) is 4.74 Å². The summed E-state index contributed by atoms with van der Waals surface area (Å²) in [5.74, 6) is 0.0972. The summed E-state index contributed by atoms with van der Waals surface area (Å²) in [5, 5.41) is 3.16. The van der Waals surface area contributed by atoms with Crippen molar-refractivity contribution in [3.63, 3.8) is 0 Å². The Hall–Kier alpha value is -0.610. The largest absolute Gasteiger partial charge is 0.485 e. The Bertz CT molecular complexity index is 383. The van der Waals surface area contributed by atoms with E-state index < -0.39 is 0 Å². The number of likely N-dealkylation sites (N-methyl/N-ethyl adjacent to an activating group) is 1. The van der Waals surface area contributed by atoms with Crippen molar-refractivity contribution in [2.75, 3.05) is 7.05 Å². The second-order valence-corrected chi connectivity index (χ2v) is 4.55. The molecule has 2 unspecified atom stereocenters. The van der Waals surface area contributed by atoms with Gasteiger partial charge >= 0.3 is 0 Å². The highest BCUT2D eigenvalue weighted by atomic mass is 79.9. The Kier molecular flexibility index (Phi) is 2.98. The molecule has 0 aromatic heterocycles. The fourth-order valence-electron chi connectivity index (χ4n) is 2.02. The Morgan fingerprint density at radius 1 is 1.53 bits per heavy atom. The molecule has 2 atom stereocenters. The van der Waals surface area contributed by atoms with Crippen molar-refractivity contribution in [2.24, 2.45) is 0 Å². The average molecular weight is 274 g/mol. The predicted octanol–water partition coefficient (Wildman–Crippen LogP) is 3.02. The zero-order valence-electron chi connectivity index (χ0n) is 8.68. The number of hydrogen-bond donors (Lipinski definition) is 1. The zero-order valence-corrected chi connectivity index (χ0v) is 10.3. The lowest BCUT2D eigenvalue weighted by Crippen LogP contribution is -2.27. The molecule has 2 rings (SSSR count). The smallest absolute Gasteiger partial charge is 0.166 e. The molecule has 0 saturated heterocycles. The van der Waals surface area contributed by atoms with Crippen LogP contribution in [0.25, 0.3) is 0 Å². The van der Waals surface area contributed by atoms with Crippen molar-refractivity contribution in [1.82, 2.24) is 5.32 Å². The van der Waals surface area contributed by atoms with Crippen LogP contribution in [-0.4, -0.2) is 13.2 Å². The summed E-state index contributed by atoms with van der Waals surface area (Å²) >= 11 is 3.29. The fraction of sp³-hybridized carbons (Fsp3) is 0.455. The highest BCUT2D eigenvalue weighted by Crippen LogP contribution is 2.41. The average Bonchev–Trinajstić information content (AvgIpc) is 2.55. The lowest BCUT2D eigenvalue weighted by molar-refractivity contribution is 0.183. The van der Waals surface area contributed by atoms with Gasteiger partial charge in [-0.2, -0.15) is 0 Å². The molecule has 0 spiro atoms. The Morgan fingerprint density at radius 2 is 2.27 bits per heavy atom. The van der Waals surface area contributed by atoms with Crippen LogP contribution in [0.2, 0.25) is 0 Å². The topological polar surface area (TPSA) is 21.3 Å². The lowest BCUT2D eigenvalue weighted by Gasteiger charge is -2.16. The minimum Gasteiger partial charge on any atom is -0.485 e. The first-order valence-electron chi connectivity index (χ1n) is 5.00. The van der Waals surface area contributed by atoms with Crippen molar-refractivity contribution in [1.29, 1.82) is 0 Å². The molecular formula is C11H13BrFNO. The number of rotatable bonds is 2. The molecule has 15 heavy (non-hydrogen) atoms. The van der Waals surface area contributed by atoms with E-state index >= 15 is 0 Å². The molecule has 1 aromatic carbocycles. The highest BCUT2D eigenvalue weighted by Gasteiger charge is 2.34. The summed E-state index contributed by atoms with van der Waals surface area (Å²) in [6, 6.07) is 3.43. The van der Waals surface area contributed by atoms with E-state index in [0.29, 0.717) is 5.75 Å². The van der Waals surface area contributed by atoms with E-state index in [1.165, 1.54) is 6.07 Å². The van der Waals surface area contributed by atoms with Crippen LogP contribution in [0, 0.1) is 5.82 Å². The SMILES string of the molecule is CCC1Oc2c(F)cc(Br)cc2C1NC. The maximum Gasteiger partial charge on any atom is 0.166 e. The minimum atomic E-state index is -0.296. The summed E-state index contributed by atoms with van der Waals surface area (Å²) in [4.78, 5) is 0. The van der Waals surface area contributed by atoms with Gasteiger partial charge in [-0.25, -0.2) is 4.39 Å². The molecule has 1 N–H and O–H groups in total. The normalized spacial score (nSPS) is 23.7. The van der Waals surface area contributed by atoms with Gasteiger partial charge in [0.15, 0.2) is 11.6 Å². The monoisotopic (exact) mass is 273 g/mol. The van der Waals surface area contributed by atoms with Crippen molar-refractivity contribution >= 4 is 15.9 Å². The third-order valence-corrected chi connectivity index (χ3v) is 3.18. The zero-order chi connectivity index (χ0) is 11.0. The van der Waals surface area contributed by atoms with Gasteiger partial charge < -0.3 is 10.1 Å². The summed E-state index contributed by atoms with van der Waals surface area (Å²) in [5.41, 5.74) is 0.899. The van der Waals surface area contributed by atoms with Gasteiger partial charge in [0.25, 0.3) is 0 Å². The first-order chi connectivity index (χ1) is 7.17. The molecule has 82 valence electrons. The van der Waals surface area contributed by atoms with Gasteiger partial charge in [-0.15, -0.1) is 0 Å². The Labute approximate surface area is 96.9 Å². The summed E-state index contributed by atoms with van der Waals surface area (Å²) in [7, 11) is 1.87. The van der Waals surface area contributed by atoms with Gasteiger partial charge in [-0.05, 0) is 25.6 Å². The molecule has 0 fully saturated rings. The maximum atomic E-state index is 13.6. The third kappa shape index (κ3) is 1.76. The molecule has 0 saturated carbocycles. The molecule has 2 nitrogen and oxygen atoms in total. The molecule has 1 aliphatic rings. The predicted molar refractivity (Wildman–Crippen MR) is 60.6 cm³/mol. The number of nitrogens with one attached hydrogen (secondary N) is 1. The van der Waals surface area contributed by atoms with E-state index in [2.05, 4.69) is 21.2 Å². The number of fused-ring (bicyclic) bond motifs is 1. The number of halogens is 2. The van der Waals surface area contributed by atoms with Crippen molar-refractivity contribution in [3.05, 3.63) is 28.0 Å². The van der Waals surface area contributed by atoms with E-state index in [-0.39, 0.29) is 18.0 Å². The fourth-order valence-corrected chi connectivity index (χ4v) is 2.46. The van der Waals surface area contributed by atoms with Crippen molar-refractivity contribution in [2.45, 2.75) is 25.5 Å². The van der Waals surface area contributed by atoms with Crippen molar-refractivity contribution in [3.8, 4) is 5.75 Å². The molecule has 1 aliphatic heterocycles. The Balaban J connectivity index is 2.47. The molecule has 1 heterocycles.